The molecule has 7 nitrogen and oxygen atoms in total. The Hall–Kier alpha value is -2.87. The minimum Gasteiger partial charge on any atom is -0.354 e. The lowest BCUT2D eigenvalue weighted by atomic mass is 10.1. The first kappa shape index (κ1) is 26.4. The standard InChI is InChI=1S/C25H35N3O4S/c1-6-16-26-25(30)21(4)27(17-15-22-13-8-7-9-14-22)23(29)18-28(33(5,31)32)24-19(2)11-10-12-20(24)3/h7-14,21H,6,15-18H2,1-5H3,(H,26,30)/t21-/m0/s1. The van der Waals surface area contributed by atoms with Gasteiger partial charge in [0.2, 0.25) is 21.8 Å². The van der Waals surface area contributed by atoms with Gasteiger partial charge in [0.15, 0.2) is 0 Å². The van der Waals surface area contributed by atoms with E-state index in [0.717, 1.165) is 33.7 Å². The molecule has 0 fully saturated rings. The number of amides is 2. The lowest BCUT2D eigenvalue weighted by molar-refractivity contribution is -0.138. The van der Waals surface area contributed by atoms with Crippen LogP contribution in [0.2, 0.25) is 0 Å². The zero-order valence-electron chi connectivity index (χ0n) is 20.2. The van der Waals surface area contributed by atoms with Crippen LogP contribution in [0.3, 0.4) is 0 Å². The van der Waals surface area contributed by atoms with Crippen LogP contribution in [0.5, 0.6) is 0 Å². The average molecular weight is 474 g/mol. The summed E-state index contributed by atoms with van der Waals surface area (Å²) in [6, 6.07) is 14.4. The van der Waals surface area contributed by atoms with Gasteiger partial charge in [-0.05, 0) is 50.3 Å². The van der Waals surface area contributed by atoms with E-state index in [0.29, 0.717) is 25.2 Å². The van der Waals surface area contributed by atoms with Gasteiger partial charge in [0, 0.05) is 13.1 Å². The number of rotatable bonds is 11. The van der Waals surface area contributed by atoms with E-state index in [9.17, 15) is 18.0 Å². The Bertz CT molecular complexity index is 1030. The van der Waals surface area contributed by atoms with Gasteiger partial charge in [-0.3, -0.25) is 13.9 Å². The molecule has 0 bridgehead atoms. The first-order valence-corrected chi connectivity index (χ1v) is 13.1. The van der Waals surface area contributed by atoms with Crippen molar-refractivity contribution in [3.63, 3.8) is 0 Å². The number of sulfonamides is 1. The summed E-state index contributed by atoms with van der Waals surface area (Å²) in [6.45, 7) is 7.72. The molecule has 33 heavy (non-hydrogen) atoms. The first-order valence-electron chi connectivity index (χ1n) is 11.2. The fourth-order valence-electron chi connectivity index (χ4n) is 3.74. The molecule has 8 heteroatoms. The molecular formula is C25H35N3O4S. The SMILES string of the molecule is CCCNC(=O)[C@H](C)N(CCc1ccccc1)C(=O)CN(c1c(C)cccc1C)S(C)(=O)=O. The molecule has 2 aromatic carbocycles. The summed E-state index contributed by atoms with van der Waals surface area (Å²) >= 11 is 0. The number of nitrogens with zero attached hydrogens (tertiary/aromatic N) is 2. The highest BCUT2D eigenvalue weighted by atomic mass is 32.2. The molecule has 0 unspecified atom stereocenters. The molecule has 0 saturated carbocycles. The molecule has 0 aliphatic rings. The Morgan fingerprint density at radius 1 is 1.00 bits per heavy atom. The number of carbonyl (C=O) groups is 2. The molecule has 0 aliphatic heterocycles. The number of hydrogen-bond donors (Lipinski definition) is 1. The van der Waals surface area contributed by atoms with Gasteiger partial charge in [0.05, 0.1) is 11.9 Å². The van der Waals surface area contributed by atoms with Gasteiger partial charge in [-0.25, -0.2) is 8.42 Å². The molecule has 1 N–H and O–H groups in total. The number of carbonyl (C=O) groups excluding carboxylic acids is 2. The summed E-state index contributed by atoms with van der Waals surface area (Å²) in [7, 11) is -3.73. The highest BCUT2D eigenvalue weighted by Gasteiger charge is 2.30. The largest absolute Gasteiger partial charge is 0.354 e. The van der Waals surface area contributed by atoms with Crippen molar-refractivity contribution >= 4 is 27.5 Å². The quantitative estimate of drug-likeness (QED) is 0.543. The number of para-hydroxylation sites is 1. The fraction of sp³-hybridized carbons (Fsp3) is 0.440. The summed E-state index contributed by atoms with van der Waals surface area (Å²) in [6.07, 6.45) is 2.43. The Morgan fingerprint density at radius 3 is 2.15 bits per heavy atom. The molecule has 2 amide bonds. The summed E-state index contributed by atoms with van der Waals surface area (Å²) < 4.78 is 26.5. The van der Waals surface area contributed by atoms with Crippen molar-refractivity contribution in [2.75, 3.05) is 30.2 Å². The van der Waals surface area contributed by atoms with Crippen LogP contribution in [0.25, 0.3) is 0 Å². The normalized spacial score (nSPS) is 12.2. The maximum Gasteiger partial charge on any atom is 0.244 e. The van der Waals surface area contributed by atoms with Crippen LogP contribution in [0.1, 0.15) is 37.0 Å². The molecule has 0 radical (unpaired) electrons. The van der Waals surface area contributed by atoms with Crippen molar-refractivity contribution in [3.05, 3.63) is 65.2 Å². The Balaban J connectivity index is 2.35. The lowest BCUT2D eigenvalue weighted by Crippen LogP contribution is -2.52. The van der Waals surface area contributed by atoms with Gasteiger partial charge in [-0.1, -0.05) is 55.5 Å². The maximum atomic E-state index is 13.5. The Morgan fingerprint density at radius 2 is 1.61 bits per heavy atom. The molecular weight excluding hydrogens is 438 g/mol. The van der Waals surface area contributed by atoms with Gasteiger partial charge in [0.1, 0.15) is 12.6 Å². The van der Waals surface area contributed by atoms with Crippen LogP contribution in [0, 0.1) is 13.8 Å². The zero-order valence-corrected chi connectivity index (χ0v) is 21.0. The number of aryl methyl sites for hydroxylation is 2. The van der Waals surface area contributed by atoms with Crippen molar-refractivity contribution in [2.24, 2.45) is 0 Å². The number of hydrogen-bond acceptors (Lipinski definition) is 4. The second-order valence-corrected chi connectivity index (χ2v) is 10.2. The van der Waals surface area contributed by atoms with E-state index in [1.807, 2.05) is 69.3 Å². The summed E-state index contributed by atoms with van der Waals surface area (Å²) in [5, 5.41) is 2.83. The summed E-state index contributed by atoms with van der Waals surface area (Å²) in [5.41, 5.74) is 3.06. The van der Waals surface area contributed by atoms with E-state index >= 15 is 0 Å². The second-order valence-electron chi connectivity index (χ2n) is 8.30. The van der Waals surface area contributed by atoms with Crippen molar-refractivity contribution in [3.8, 4) is 0 Å². The van der Waals surface area contributed by atoms with Gasteiger partial charge in [-0.15, -0.1) is 0 Å². The van der Waals surface area contributed by atoms with E-state index < -0.39 is 22.0 Å². The number of benzene rings is 2. The van der Waals surface area contributed by atoms with E-state index in [2.05, 4.69) is 5.32 Å². The third kappa shape index (κ3) is 7.32. The van der Waals surface area contributed by atoms with Crippen molar-refractivity contribution < 1.29 is 18.0 Å². The number of anilines is 1. The molecule has 2 aromatic rings. The van der Waals surface area contributed by atoms with Crippen molar-refractivity contribution in [1.82, 2.24) is 10.2 Å². The second kappa shape index (κ2) is 11.8. The fourth-order valence-corrected chi connectivity index (χ4v) is 4.71. The van der Waals surface area contributed by atoms with Gasteiger partial charge in [-0.2, -0.15) is 0 Å². The molecule has 1 atom stereocenters. The smallest absolute Gasteiger partial charge is 0.244 e. The summed E-state index contributed by atoms with van der Waals surface area (Å²) in [4.78, 5) is 27.6. The molecule has 0 spiro atoms. The van der Waals surface area contributed by atoms with Gasteiger partial charge >= 0.3 is 0 Å². The third-order valence-corrected chi connectivity index (χ3v) is 6.68. The van der Waals surface area contributed by atoms with Crippen LogP contribution in [0.4, 0.5) is 5.69 Å². The Kier molecular flexibility index (Phi) is 9.46. The first-order chi connectivity index (χ1) is 15.6. The van der Waals surface area contributed by atoms with Crippen LogP contribution >= 0.6 is 0 Å². The van der Waals surface area contributed by atoms with Crippen LogP contribution in [-0.4, -0.2) is 57.1 Å². The molecule has 0 aromatic heterocycles. The van der Waals surface area contributed by atoms with E-state index in [1.54, 1.807) is 6.92 Å². The molecule has 0 saturated heterocycles. The minimum absolute atomic E-state index is 0.253. The van der Waals surface area contributed by atoms with Gasteiger partial charge < -0.3 is 10.2 Å². The van der Waals surface area contributed by atoms with Crippen LogP contribution < -0.4 is 9.62 Å². The Labute approximate surface area is 197 Å². The molecule has 2 rings (SSSR count). The summed E-state index contributed by atoms with van der Waals surface area (Å²) in [5.74, 6) is -0.672. The number of nitrogens with one attached hydrogen (secondary N) is 1. The monoisotopic (exact) mass is 473 g/mol. The van der Waals surface area contributed by atoms with Crippen LogP contribution in [0.15, 0.2) is 48.5 Å². The molecule has 0 heterocycles. The molecule has 0 aliphatic carbocycles. The highest BCUT2D eigenvalue weighted by molar-refractivity contribution is 7.92. The van der Waals surface area contributed by atoms with Crippen molar-refractivity contribution in [1.29, 1.82) is 0 Å². The zero-order chi connectivity index (χ0) is 24.6. The lowest BCUT2D eigenvalue weighted by Gasteiger charge is -2.32. The average Bonchev–Trinajstić information content (AvgIpc) is 2.76. The predicted molar refractivity (Wildman–Crippen MR) is 133 cm³/mol. The molecule has 180 valence electrons. The minimum atomic E-state index is -3.73. The third-order valence-electron chi connectivity index (χ3n) is 5.57. The van der Waals surface area contributed by atoms with Crippen LogP contribution in [-0.2, 0) is 26.0 Å². The van der Waals surface area contributed by atoms with Gasteiger partial charge in [0.25, 0.3) is 0 Å². The topological polar surface area (TPSA) is 86.8 Å². The maximum absolute atomic E-state index is 13.5. The highest BCUT2D eigenvalue weighted by Crippen LogP contribution is 2.27. The van der Waals surface area contributed by atoms with E-state index in [-0.39, 0.29) is 12.5 Å². The van der Waals surface area contributed by atoms with E-state index in [1.165, 1.54) is 4.90 Å². The van der Waals surface area contributed by atoms with E-state index in [4.69, 9.17) is 0 Å². The van der Waals surface area contributed by atoms with Crippen molar-refractivity contribution in [2.45, 2.75) is 46.6 Å². The predicted octanol–water partition coefficient (Wildman–Crippen LogP) is 3.06.